The third-order valence-electron chi connectivity index (χ3n) is 9.25. The van der Waals surface area contributed by atoms with E-state index in [1.165, 1.54) is 61.2 Å². The summed E-state index contributed by atoms with van der Waals surface area (Å²) in [6.07, 6.45) is 4.67. The second-order valence-electron chi connectivity index (χ2n) is 12.6. The van der Waals surface area contributed by atoms with Gasteiger partial charge < -0.3 is 29.3 Å². The van der Waals surface area contributed by atoms with Gasteiger partial charge in [0.25, 0.3) is 11.1 Å². The summed E-state index contributed by atoms with van der Waals surface area (Å²) in [6, 6.07) is 30.9. The van der Waals surface area contributed by atoms with E-state index in [1.807, 2.05) is 35.2 Å². The first kappa shape index (κ1) is 45.9. The van der Waals surface area contributed by atoms with E-state index in [0.29, 0.717) is 23.4 Å². The number of methoxy groups -OCH3 is 2. The van der Waals surface area contributed by atoms with Gasteiger partial charge in [0.1, 0.15) is 11.5 Å². The van der Waals surface area contributed by atoms with Crippen molar-refractivity contribution in [2.24, 2.45) is 0 Å². The fourth-order valence-corrected chi connectivity index (χ4v) is 6.03. The number of halogens is 1. The first-order valence-corrected chi connectivity index (χ1v) is 19.1. The molecule has 0 spiro atoms. The number of amides is 1. The van der Waals surface area contributed by atoms with Crippen molar-refractivity contribution in [3.05, 3.63) is 130 Å². The summed E-state index contributed by atoms with van der Waals surface area (Å²) in [4.78, 5) is 27.3. The molecule has 0 radical (unpaired) electrons. The summed E-state index contributed by atoms with van der Waals surface area (Å²) in [7, 11) is 3.19. The van der Waals surface area contributed by atoms with Gasteiger partial charge in [-0.15, -0.1) is 0 Å². The Hall–Kier alpha value is -4.21. The van der Waals surface area contributed by atoms with Crippen molar-refractivity contribution in [2.75, 3.05) is 60.2 Å². The predicted octanol–water partition coefficient (Wildman–Crippen LogP) is 9.08. The summed E-state index contributed by atoms with van der Waals surface area (Å²) in [5.41, 5.74) is 6.78. The molecule has 0 atom stereocenters. The molecule has 0 aliphatic carbocycles. The molecule has 1 N–H and O–H groups in total. The molecule has 4 aromatic rings. The van der Waals surface area contributed by atoms with Crippen LogP contribution in [-0.4, -0.2) is 81.1 Å². The van der Waals surface area contributed by atoms with Gasteiger partial charge in [0, 0.05) is 44.0 Å². The number of nitrogens with zero attached hydrogens (tertiary/aromatic N) is 2. The molecular formula is C45H62ClN3O5. The number of hydrogen-bond acceptors (Lipinski definition) is 7. The van der Waals surface area contributed by atoms with E-state index in [9.17, 15) is 9.59 Å². The van der Waals surface area contributed by atoms with Gasteiger partial charge in [0.2, 0.25) is 0 Å². The Morgan fingerprint density at radius 1 is 0.704 bits per heavy atom. The quantitative estimate of drug-likeness (QED) is 0.188. The van der Waals surface area contributed by atoms with Crippen molar-refractivity contribution in [3.8, 4) is 11.5 Å². The lowest BCUT2D eigenvalue weighted by molar-refractivity contribution is 0.0734. The molecule has 1 fully saturated rings. The van der Waals surface area contributed by atoms with Gasteiger partial charge in [-0.05, 0) is 134 Å². The Morgan fingerprint density at radius 2 is 1.19 bits per heavy atom. The van der Waals surface area contributed by atoms with E-state index in [2.05, 4.69) is 73.5 Å². The monoisotopic (exact) mass is 759 g/mol. The molecule has 0 saturated carbocycles. The standard InChI is InChI=1S/C17H17NO2.C9H11N.C8H7ClO2.C6H15N.C4H8O.CH4/c1-20-16-8-6-14(7-9-16)17(19)18-11-10-13-4-2-3-5-15(13)12-18;1-2-4-9-7-10-6-5-8(9)3-1;1-11-7-4-2-6(3-5-7)8(9)10;1-4-7(5-2)6-3;1-2-4-5-3-1;/h2-9H,10-12H2,1H3;1-4,10H,5-7H2;2-5H,1H3;4-6H2,1-3H3;1-4H2;1H4. The maximum absolute atomic E-state index is 12.5. The lowest BCUT2D eigenvalue weighted by Gasteiger charge is -2.29. The second kappa shape index (κ2) is 26.5. The molecule has 3 aliphatic heterocycles. The highest BCUT2D eigenvalue weighted by Crippen LogP contribution is 2.21. The zero-order valence-electron chi connectivity index (χ0n) is 32.2. The first-order chi connectivity index (χ1) is 25.8. The van der Waals surface area contributed by atoms with Crippen LogP contribution in [0.4, 0.5) is 0 Å². The van der Waals surface area contributed by atoms with E-state index in [4.69, 9.17) is 25.8 Å². The number of ether oxygens (including phenoxy) is 3. The van der Waals surface area contributed by atoms with Crippen LogP contribution in [-0.2, 0) is 30.7 Å². The number of carbonyl (C=O) groups excluding carboxylic acids is 2. The molecule has 3 heterocycles. The molecule has 0 bridgehead atoms. The van der Waals surface area contributed by atoms with E-state index < -0.39 is 5.24 Å². The van der Waals surface area contributed by atoms with Crippen LogP contribution in [0, 0.1) is 0 Å². The fourth-order valence-electron chi connectivity index (χ4n) is 5.91. The maximum atomic E-state index is 12.5. The SMILES string of the molecule is C.C1CCOC1.CCN(CC)CC.COc1ccc(C(=O)Cl)cc1.COc1ccc(C(=O)N2CCc3ccccc3C2)cc1.c1ccc2c(c1)CCNC2. The summed E-state index contributed by atoms with van der Waals surface area (Å²) in [5, 5.41) is 2.89. The zero-order valence-corrected chi connectivity index (χ0v) is 33.0. The van der Waals surface area contributed by atoms with Gasteiger partial charge in [0.15, 0.2) is 0 Å². The Bertz CT molecular complexity index is 1590. The van der Waals surface area contributed by atoms with Crippen LogP contribution in [0.1, 0.15) is 84.0 Å². The average molecular weight is 760 g/mol. The largest absolute Gasteiger partial charge is 0.497 e. The minimum atomic E-state index is -0.451. The summed E-state index contributed by atoms with van der Waals surface area (Å²) >= 11 is 5.22. The molecule has 294 valence electrons. The highest BCUT2D eigenvalue weighted by molar-refractivity contribution is 6.67. The van der Waals surface area contributed by atoms with Crippen molar-refractivity contribution >= 4 is 22.8 Å². The molecule has 54 heavy (non-hydrogen) atoms. The Labute approximate surface area is 329 Å². The van der Waals surface area contributed by atoms with Gasteiger partial charge in [0.05, 0.1) is 14.2 Å². The van der Waals surface area contributed by atoms with Crippen LogP contribution in [0.2, 0.25) is 0 Å². The van der Waals surface area contributed by atoms with Gasteiger partial charge in [-0.1, -0.05) is 76.7 Å². The molecule has 8 nitrogen and oxygen atoms in total. The van der Waals surface area contributed by atoms with Gasteiger partial charge >= 0.3 is 0 Å². The molecule has 0 unspecified atom stereocenters. The van der Waals surface area contributed by atoms with Crippen molar-refractivity contribution in [1.29, 1.82) is 0 Å². The van der Waals surface area contributed by atoms with Crippen LogP contribution in [0.3, 0.4) is 0 Å². The van der Waals surface area contributed by atoms with Crippen LogP contribution < -0.4 is 14.8 Å². The Morgan fingerprint density at radius 3 is 1.61 bits per heavy atom. The Balaban J connectivity index is 0.000000253. The normalized spacial score (nSPS) is 13.6. The molecule has 4 aromatic carbocycles. The Kier molecular flexibility index (Phi) is 22.6. The van der Waals surface area contributed by atoms with Gasteiger partial charge in [-0.2, -0.15) is 0 Å². The maximum Gasteiger partial charge on any atom is 0.254 e. The summed E-state index contributed by atoms with van der Waals surface area (Å²) in [5.74, 6) is 1.57. The van der Waals surface area contributed by atoms with Crippen molar-refractivity contribution in [2.45, 2.75) is 67.0 Å². The van der Waals surface area contributed by atoms with Crippen molar-refractivity contribution in [1.82, 2.24) is 15.1 Å². The molecule has 1 saturated heterocycles. The topological polar surface area (TPSA) is 80.3 Å². The van der Waals surface area contributed by atoms with Crippen LogP contribution in [0.25, 0.3) is 0 Å². The smallest absolute Gasteiger partial charge is 0.254 e. The number of hydrogen-bond donors (Lipinski definition) is 1. The van der Waals surface area contributed by atoms with Crippen LogP contribution >= 0.6 is 11.6 Å². The summed E-state index contributed by atoms with van der Waals surface area (Å²) in [6.45, 7) is 15.8. The molecule has 3 aliphatic rings. The van der Waals surface area contributed by atoms with Crippen LogP contribution in [0.15, 0.2) is 97.1 Å². The highest BCUT2D eigenvalue weighted by atomic mass is 35.5. The number of fused-ring (bicyclic) bond motifs is 2. The molecule has 0 aromatic heterocycles. The number of benzene rings is 4. The van der Waals surface area contributed by atoms with Crippen LogP contribution in [0.5, 0.6) is 11.5 Å². The summed E-state index contributed by atoms with van der Waals surface area (Å²) < 4.78 is 15.0. The molecule has 9 heteroatoms. The molecule has 1 amide bonds. The predicted molar refractivity (Wildman–Crippen MR) is 223 cm³/mol. The minimum Gasteiger partial charge on any atom is -0.497 e. The van der Waals surface area contributed by atoms with Crippen molar-refractivity contribution in [3.63, 3.8) is 0 Å². The van der Waals surface area contributed by atoms with Gasteiger partial charge in [-0.3, -0.25) is 9.59 Å². The lowest BCUT2D eigenvalue weighted by atomic mass is 9.99. The van der Waals surface area contributed by atoms with E-state index >= 15 is 0 Å². The number of carbonyl (C=O) groups is 2. The lowest BCUT2D eigenvalue weighted by Crippen LogP contribution is -2.35. The van der Waals surface area contributed by atoms with Gasteiger partial charge in [-0.25, -0.2) is 0 Å². The number of rotatable bonds is 7. The number of nitrogens with one attached hydrogen (secondary N) is 1. The van der Waals surface area contributed by atoms with Crippen molar-refractivity contribution < 1.29 is 23.8 Å². The highest BCUT2D eigenvalue weighted by Gasteiger charge is 2.21. The average Bonchev–Trinajstić information content (AvgIpc) is 3.83. The third kappa shape index (κ3) is 16.0. The minimum absolute atomic E-state index is 0. The van der Waals surface area contributed by atoms with E-state index in [-0.39, 0.29) is 13.3 Å². The molecular weight excluding hydrogens is 698 g/mol. The molecule has 7 rings (SSSR count). The second-order valence-corrected chi connectivity index (χ2v) is 13.0. The fraction of sp³-hybridized carbons (Fsp3) is 0.422. The van der Waals surface area contributed by atoms with E-state index in [1.54, 1.807) is 38.5 Å². The van der Waals surface area contributed by atoms with E-state index in [0.717, 1.165) is 45.0 Å². The first-order valence-electron chi connectivity index (χ1n) is 18.7. The third-order valence-corrected chi connectivity index (χ3v) is 9.46. The zero-order chi connectivity index (χ0) is 38.3.